The second-order valence-corrected chi connectivity index (χ2v) is 4.62. The fraction of sp³-hybridized carbons (Fsp3) is 0.500. The number of carboxylic acid groups (broad SMARTS) is 1. The van der Waals surface area contributed by atoms with Gasteiger partial charge >= 0.3 is 5.97 Å². The van der Waals surface area contributed by atoms with E-state index in [0.29, 0.717) is 13.2 Å². The summed E-state index contributed by atoms with van der Waals surface area (Å²) in [5, 5.41) is 8.69. The topological polar surface area (TPSA) is 75.8 Å². The number of aryl methyl sites for hydroxylation is 1. The Labute approximate surface area is 114 Å². The lowest BCUT2D eigenvalue weighted by Gasteiger charge is -2.23. The molecule has 0 fully saturated rings. The number of nitrogens with two attached hydrogens (primary N) is 1. The van der Waals surface area contributed by atoms with Crippen LogP contribution in [0.2, 0.25) is 0 Å². The van der Waals surface area contributed by atoms with Gasteiger partial charge in [-0.05, 0) is 37.6 Å². The Bertz CT molecular complexity index is 435. The van der Waals surface area contributed by atoms with Gasteiger partial charge in [0, 0.05) is 25.3 Å². The van der Waals surface area contributed by atoms with Crippen LogP contribution < -0.4 is 15.4 Å². The molecule has 3 N–H and O–H groups in total. The number of likely N-dealkylation sites (N-methyl/N-ethyl adjacent to an activating group) is 1. The van der Waals surface area contributed by atoms with Crippen molar-refractivity contribution in [1.82, 2.24) is 0 Å². The van der Waals surface area contributed by atoms with E-state index in [2.05, 4.69) is 0 Å². The molecule has 1 aromatic rings. The van der Waals surface area contributed by atoms with Gasteiger partial charge in [0.2, 0.25) is 0 Å². The van der Waals surface area contributed by atoms with Crippen LogP contribution in [-0.4, -0.2) is 37.3 Å². The van der Waals surface area contributed by atoms with Crippen LogP contribution in [-0.2, 0) is 4.79 Å². The molecule has 0 aliphatic carbocycles. The highest BCUT2D eigenvalue weighted by molar-refractivity contribution is 5.67. The maximum absolute atomic E-state index is 10.6. The van der Waals surface area contributed by atoms with Gasteiger partial charge in [-0.25, -0.2) is 0 Å². The maximum atomic E-state index is 10.6. The van der Waals surface area contributed by atoms with Crippen molar-refractivity contribution in [2.45, 2.75) is 26.3 Å². The first-order chi connectivity index (χ1) is 8.93. The minimum Gasteiger partial charge on any atom is -0.494 e. The van der Waals surface area contributed by atoms with Gasteiger partial charge in [-0.2, -0.15) is 0 Å². The molecule has 1 aromatic carbocycles. The van der Waals surface area contributed by atoms with E-state index < -0.39 is 5.97 Å². The molecular formula is C14H22N2O3. The summed E-state index contributed by atoms with van der Waals surface area (Å²) in [6.45, 7) is 5.07. The summed E-state index contributed by atoms with van der Waals surface area (Å²) < 4.78 is 5.48. The highest BCUT2D eigenvalue weighted by Crippen LogP contribution is 2.24. The van der Waals surface area contributed by atoms with E-state index in [1.165, 1.54) is 0 Å². The summed E-state index contributed by atoms with van der Waals surface area (Å²) in [6.07, 6.45) is -0.0274. The molecule has 0 amide bonds. The van der Waals surface area contributed by atoms with Crippen molar-refractivity contribution in [3.8, 4) is 5.75 Å². The van der Waals surface area contributed by atoms with Crippen molar-refractivity contribution in [1.29, 1.82) is 0 Å². The van der Waals surface area contributed by atoms with Crippen LogP contribution in [0.25, 0.3) is 0 Å². The molecule has 0 aromatic heterocycles. The Hall–Kier alpha value is -1.75. The smallest absolute Gasteiger partial charge is 0.304 e. The number of aliphatic carboxylic acids is 1. The fourth-order valence-electron chi connectivity index (χ4n) is 1.93. The summed E-state index contributed by atoms with van der Waals surface area (Å²) in [5.41, 5.74) is 7.84. The number of rotatable bonds is 7. The molecule has 0 aliphatic rings. The standard InChI is InChI=1S/C14H22N2O3/c1-4-19-13-6-5-12(7-10(13)2)16(3)9-11(15)8-14(17)18/h5-7,11H,4,8-9,15H2,1-3H3,(H,17,18). The van der Waals surface area contributed by atoms with E-state index in [0.717, 1.165) is 17.0 Å². The van der Waals surface area contributed by atoms with Crippen molar-refractivity contribution >= 4 is 11.7 Å². The van der Waals surface area contributed by atoms with E-state index in [-0.39, 0.29) is 12.5 Å². The third kappa shape index (κ3) is 4.79. The first-order valence-electron chi connectivity index (χ1n) is 6.36. The van der Waals surface area contributed by atoms with Gasteiger partial charge in [0.25, 0.3) is 0 Å². The molecule has 1 atom stereocenters. The summed E-state index contributed by atoms with van der Waals surface area (Å²) in [4.78, 5) is 12.5. The van der Waals surface area contributed by atoms with Gasteiger partial charge in [-0.3, -0.25) is 4.79 Å². The molecule has 0 radical (unpaired) electrons. The molecular weight excluding hydrogens is 244 g/mol. The number of hydrogen-bond donors (Lipinski definition) is 2. The summed E-state index contributed by atoms with van der Waals surface area (Å²) in [7, 11) is 1.90. The SMILES string of the molecule is CCOc1ccc(N(C)CC(N)CC(=O)O)cc1C. The highest BCUT2D eigenvalue weighted by Gasteiger charge is 2.12. The number of nitrogens with zero attached hydrogens (tertiary/aromatic N) is 1. The van der Waals surface area contributed by atoms with E-state index in [9.17, 15) is 4.79 Å². The van der Waals surface area contributed by atoms with Crippen molar-refractivity contribution in [2.75, 3.05) is 25.1 Å². The lowest BCUT2D eigenvalue weighted by Crippen LogP contribution is -2.36. The number of carbonyl (C=O) groups is 1. The number of carboxylic acids is 1. The number of anilines is 1. The normalized spacial score (nSPS) is 12.0. The highest BCUT2D eigenvalue weighted by atomic mass is 16.5. The summed E-state index contributed by atoms with van der Waals surface area (Å²) in [5.74, 6) is -0.00161. The average molecular weight is 266 g/mol. The maximum Gasteiger partial charge on any atom is 0.304 e. The van der Waals surface area contributed by atoms with Crippen molar-refractivity contribution in [3.05, 3.63) is 23.8 Å². The van der Waals surface area contributed by atoms with Crippen LogP contribution >= 0.6 is 0 Å². The van der Waals surface area contributed by atoms with Crippen molar-refractivity contribution in [2.24, 2.45) is 5.73 Å². The molecule has 106 valence electrons. The van der Waals surface area contributed by atoms with Crippen molar-refractivity contribution in [3.63, 3.8) is 0 Å². The Morgan fingerprint density at radius 1 is 1.53 bits per heavy atom. The first-order valence-corrected chi connectivity index (χ1v) is 6.36. The molecule has 0 aliphatic heterocycles. The molecule has 0 spiro atoms. The zero-order chi connectivity index (χ0) is 14.4. The molecule has 0 bridgehead atoms. The van der Waals surface area contributed by atoms with Gasteiger partial charge in [0.1, 0.15) is 5.75 Å². The zero-order valence-electron chi connectivity index (χ0n) is 11.7. The molecule has 5 heteroatoms. The Balaban J connectivity index is 2.69. The largest absolute Gasteiger partial charge is 0.494 e. The van der Waals surface area contributed by atoms with Gasteiger partial charge in [0.15, 0.2) is 0 Å². The van der Waals surface area contributed by atoms with Crippen LogP contribution in [0.15, 0.2) is 18.2 Å². The van der Waals surface area contributed by atoms with Gasteiger partial charge in [-0.1, -0.05) is 0 Å². The molecule has 0 heterocycles. The second-order valence-electron chi connectivity index (χ2n) is 4.62. The van der Waals surface area contributed by atoms with Gasteiger partial charge in [-0.15, -0.1) is 0 Å². The Kier molecular flexibility index (Phi) is 5.63. The predicted octanol–water partition coefficient (Wildman–Crippen LogP) is 1.63. The first kappa shape index (κ1) is 15.3. The molecule has 0 saturated carbocycles. The zero-order valence-corrected chi connectivity index (χ0v) is 11.7. The lowest BCUT2D eigenvalue weighted by molar-refractivity contribution is -0.137. The molecule has 0 saturated heterocycles. The second kappa shape index (κ2) is 6.99. The minimum atomic E-state index is -0.872. The van der Waals surface area contributed by atoms with E-state index in [1.807, 2.05) is 44.0 Å². The molecule has 19 heavy (non-hydrogen) atoms. The lowest BCUT2D eigenvalue weighted by atomic mass is 10.1. The summed E-state index contributed by atoms with van der Waals surface area (Å²) >= 11 is 0. The fourth-order valence-corrected chi connectivity index (χ4v) is 1.93. The molecule has 1 rings (SSSR count). The third-order valence-corrected chi connectivity index (χ3v) is 2.84. The minimum absolute atomic E-state index is 0.0274. The van der Waals surface area contributed by atoms with E-state index >= 15 is 0 Å². The molecule has 1 unspecified atom stereocenters. The number of benzene rings is 1. The Morgan fingerprint density at radius 2 is 2.21 bits per heavy atom. The molecule has 5 nitrogen and oxygen atoms in total. The van der Waals surface area contributed by atoms with E-state index in [1.54, 1.807) is 0 Å². The number of ether oxygens (including phenoxy) is 1. The Morgan fingerprint density at radius 3 is 2.74 bits per heavy atom. The van der Waals surface area contributed by atoms with Crippen molar-refractivity contribution < 1.29 is 14.6 Å². The van der Waals surface area contributed by atoms with Crippen LogP contribution in [0, 0.1) is 6.92 Å². The van der Waals surface area contributed by atoms with Crippen LogP contribution in [0.3, 0.4) is 0 Å². The average Bonchev–Trinajstić information content (AvgIpc) is 2.30. The third-order valence-electron chi connectivity index (χ3n) is 2.84. The summed E-state index contributed by atoms with van der Waals surface area (Å²) in [6, 6.07) is 5.51. The quantitative estimate of drug-likeness (QED) is 0.784. The van der Waals surface area contributed by atoms with Gasteiger partial charge in [0.05, 0.1) is 13.0 Å². The van der Waals surface area contributed by atoms with Crippen LogP contribution in [0.4, 0.5) is 5.69 Å². The van der Waals surface area contributed by atoms with Crippen LogP contribution in [0.1, 0.15) is 18.9 Å². The van der Waals surface area contributed by atoms with Crippen LogP contribution in [0.5, 0.6) is 5.75 Å². The van der Waals surface area contributed by atoms with E-state index in [4.69, 9.17) is 15.6 Å². The monoisotopic (exact) mass is 266 g/mol. The van der Waals surface area contributed by atoms with Gasteiger partial charge < -0.3 is 20.5 Å². The number of hydrogen-bond acceptors (Lipinski definition) is 4. The predicted molar refractivity (Wildman–Crippen MR) is 75.8 cm³/mol.